The molecule has 0 radical (unpaired) electrons. The molecule has 2 nitrogen and oxygen atoms in total. The maximum Gasteiger partial charge on any atom is 0.0431 e. The SMILES string of the molecule is OCCCCCCC1CCC(CCCCCCO)CC1. The predicted molar refractivity (Wildman–Crippen MR) is 85.8 cm³/mol. The van der Waals surface area contributed by atoms with E-state index in [-0.39, 0.29) is 0 Å². The van der Waals surface area contributed by atoms with E-state index in [1.807, 2.05) is 0 Å². The standard InChI is InChI=1S/C18H36O2/c19-15-7-3-1-5-9-17-11-13-18(14-12-17)10-6-2-4-8-16-20/h17-20H,1-16H2. The van der Waals surface area contributed by atoms with Crippen LogP contribution in [0.25, 0.3) is 0 Å². The fourth-order valence-corrected chi connectivity index (χ4v) is 3.61. The van der Waals surface area contributed by atoms with Crippen molar-refractivity contribution in [3.05, 3.63) is 0 Å². The normalized spacial score (nSPS) is 23.1. The summed E-state index contributed by atoms with van der Waals surface area (Å²) in [5.74, 6) is 1.99. The van der Waals surface area contributed by atoms with Gasteiger partial charge in [-0.25, -0.2) is 0 Å². The summed E-state index contributed by atoms with van der Waals surface area (Å²) in [4.78, 5) is 0. The topological polar surface area (TPSA) is 40.5 Å². The van der Waals surface area contributed by atoms with Gasteiger partial charge in [-0.15, -0.1) is 0 Å². The van der Waals surface area contributed by atoms with Crippen LogP contribution in [0.2, 0.25) is 0 Å². The summed E-state index contributed by atoms with van der Waals surface area (Å²) >= 11 is 0. The zero-order valence-electron chi connectivity index (χ0n) is 13.4. The highest BCUT2D eigenvalue weighted by molar-refractivity contribution is 4.72. The van der Waals surface area contributed by atoms with Gasteiger partial charge in [0.1, 0.15) is 0 Å². The van der Waals surface area contributed by atoms with Crippen LogP contribution in [0.5, 0.6) is 0 Å². The van der Waals surface area contributed by atoms with Gasteiger partial charge < -0.3 is 10.2 Å². The first-order valence-electron chi connectivity index (χ1n) is 9.08. The van der Waals surface area contributed by atoms with Crippen LogP contribution in [0, 0.1) is 11.8 Å². The van der Waals surface area contributed by atoms with E-state index in [0.717, 1.165) is 24.7 Å². The fraction of sp³-hybridized carbons (Fsp3) is 1.00. The second-order valence-corrected chi connectivity index (χ2v) is 6.74. The Balaban J connectivity index is 1.91. The molecule has 2 N–H and O–H groups in total. The lowest BCUT2D eigenvalue weighted by molar-refractivity contribution is 0.240. The first-order chi connectivity index (χ1) is 9.86. The third-order valence-corrected chi connectivity index (χ3v) is 5.01. The molecule has 0 aromatic rings. The summed E-state index contributed by atoms with van der Waals surface area (Å²) in [7, 11) is 0. The van der Waals surface area contributed by atoms with E-state index in [0.29, 0.717) is 13.2 Å². The minimum absolute atomic E-state index is 0.364. The minimum atomic E-state index is 0.364. The van der Waals surface area contributed by atoms with Crippen molar-refractivity contribution in [3.63, 3.8) is 0 Å². The number of aliphatic hydroxyl groups is 2. The highest BCUT2D eigenvalue weighted by Crippen LogP contribution is 2.34. The molecule has 0 spiro atoms. The molecule has 1 aliphatic carbocycles. The second-order valence-electron chi connectivity index (χ2n) is 6.74. The van der Waals surface area contributed by atoms with Crippen molar-refractivity contribution in [2.45, 2.75) is 89.9 Å². The Morgan fingerprint density at radius 2 is 0.850 bits per heavy atom. The monoisotopic (exact) mass is 284 g/mol. The molecule has 0 atom stereocenters. The van der Waals surface area contributed by atoms with Crippen molar-refractivity contribution >= 4 is 0 Å². The maximum atomic E-state index is 8.75. The Bertz CT molecular complexity index is 176. The van der Waals surface area contributed by atoms with Crippen LogP contribution in [0.15, 0.2) is 0 Å². The molecule has 2 heteroatoms. The number of hydrogen-bond donors (Lipinski definition) is 2. The smallest absolute Gasteiger partial charge is 0.0431 e. The predicted octanol–water partition coefficient (Wildman–Crippen LogP) is 4.68. The van der Waals surface area contributed by atoms with Gasteiger partial charge >= 0.3 is 0 Å². The summed E-state index contributed by atoms with van der Waals surface area (Å²) in [6.45, 7) is 0.729. The molecule has 0 aliphatic heterocycles. The number of unbranched alkanes of at least 4 members (excludes halogenated alkanes) is 6. The molecule has 0 unspecified atom stereocenters. The van der Waals surface area contributed by atoms with Crippen LogP contribution < -0.4 is 0 Å². The van der Waals surface area contributed by atoms with Crippen molar-refractivity contribution in [1.82, 2.24) is 0 Å². The quantitative estimate of drug-likeness (QED) is 0.511. The molecule has 120 valence electrons. The van der Waals surface area contributed by atoms with E-state index in [4.69, 9.17) is 10.2 Å². The second kappa shape index (κ2) is 12.6. The highest BCUT2D eigenvalue weighted by Gasteiger charge is 2.20. The van der Waals surface area contributed by atoms with Gasteiger partial charge in [0.2, 0.25) is 0 Å². The molecular formula is C18H36O2. The van der Waals surface area contributed by atoms with Crippen molar-refractivity contribution in [3.8, 4) is 0 Å². The average molecular weight is 284 g/mol. The Morgan fingerprint density at radius 3 is 1.20 bits per heavy atom. The molecule has 1 saturated carbocycles. The molecule has 0 heterocycles. The van der Waals surface area contributed by atoms with Crippen molar-refractivity contribution < 1.29 is 10.2 Å². The third-order valence-electron chi connectivity index (χ3n) is 5.01. The van der Waals surface area contributed by atoms with E-state index in [1.54, 1.807) is 0 Å². The summed E-state index contributed by atoms with van der Waals surface area (Å²) in [5, 5.41) is 17.5. The van der Waals surface area contributed by atoms with Gasteiger partial charge in [0, 0.05) is 13.2 Å². The molecule has 0 bridgehead atoms. The van der Waals surface area contributed by atoms with Crippen LogP contribution in [0.1, 0.15) is 89.9 Å². The Labute approximate surface area is 126 Å². The van der Waals surface area contributed by atoms with Crippen LogP contribution >= 0.6 is 0 Å². The first-order valence-corrected chi connectivity index (χ1v) is 9.08. The Hall–Kier alpha value is -0.0800. The molecule has 0 saturated heterocycles. The molecule has 1 rings (SSSR count). The van der Waals surface area contributed by atoms with E-state index >= 15 is 0 Å². The lowest BCUT2D eigenvalue weighted by Gasteiger charge is -2.28. The largest absolute Gasteiger partial charge is 0.396 e. The molecule has 0 amide bonds. The number of hydrogen-bond acceptors (Lipinski definition) is 2. The molecule has 0 aromatic carbocycles. The van der Waals surface area contributed by atoms with E-state index in [1.165, 1.54) is 77.0 Å². The Morgan fingerprint density at radius 1 is 0.500 bits per heavy atom. The first kappa shape index (κ1) is 18.0. The van der Waals surface area contributed by atoms with Gasteiger partial charge in [-0.3, -0.25) is 0 Å². The van der Waals surface area contributed by atoms with Gasteiger partial charge in [0.15, 0.2) is 0 Å². The van der Waals surface area contributed by atoms with Gasteiger partial charge in [-0.1, -0.05) is 77.0 Å². The average Bonchev–Trinajstić information content (AvgIpc) is 2.48. The molecule has 0 aromatic heterocycles. The Kier molecular flexibility index (Phi) is 11.4. The number of aliphatic hydroxyl groups excluding tert-OH is 2. The zero-order chi connectivity index (χ0) is 14.5. The van der Waals surface area contributed by atoms with Crippen LogP contribution in [0.4, 0.5) is 0 Å². The van der Waals surface area contributed by atoms with Crippen molar-refractivity contribution in [2.24, 2.45) is 11.8 Å². The molecule has 20 heavy (non-hydrogen) atoms. The van der Waals surface area contributed by atoms with Crippen LogP contribution in [-0.4, -0.2) is 23.4 Å². The molecular weight excluding hydrogens is 248 g/mol. The van der Waals surface area contributed by atoms with Gasteiger partial charge in [0.05, 0.1) is 0 Å². The molecule has 1 fully saturated rings. The van der Waals surface area contributed by atoms with E-state index < -0.39 is 0 Å². The lowest BCUT2D eigenvalue weighted by atomic mass is 9.78. The van der Waals surface area contributed by atoms with Crippen molar-refractivity contribution in [2.75, 3.05) is 13.2 Å². The van der Waals surface area contributed by atoms with Crippen LogP contribution in [-0.2, 0) is 0 Å². The van der Waals surface area contributed by atoms with Crippen LogP contribution in [0.3, 0.4) is 0 Å². The summed E-state index contributed by atoms with van der Waals surface area (Å²) in [5.41, 5.74) is 0. The molecule has 1 aliphatic rings. The summed E-state index contributed by atoms with van der Waals surface area (Å²) < 4.78 is 0. The summed E-state index contributed by atoms with van der Waals surface area (Å²) in [6.07, 6.45) is 18.4. The lowest BCUT2D eigenvalue weighted by Crippen LogP contribution is -2.14. The fourth-order valence-electron chi connectivity index (χ4n) is 3.61. The number of rotatable bonds is 12. The highest BCUT2D eigenvalue weighted by atomic mass is 16.3. The van der Waals surface area contributed by atoms with Crippen molar-refractivity contribution in [1.29, 1.82) is 0 Å². The minimum Gasteiger partial charge on any atom is -0.396 e. The maximum absolute atomic E-state index is 8.75. The third kappa shape index (κ3) is 8.97. The van der Waals surface area contributed by atoms with Gasteiger partial charge in [-0.05, 0) is 24.7 Å². The summed E-state index contributed by atoms with van der Waals surface area (Å²) in [6, 6.07) is 0. The van der Waals surface area contributed by atoms with E-state index in [2.05, 4.69) is 0 Å². The van der Waals surface area contributed by atoms with E-state index in [9.17, 15) is 0 Å². The zero-order valence-corrected chi connectivity index (χ0v) is 13.4. The van der Waals surface area contributed by atoms with Gasteiger partial charge in [-0.2, -0.15) is 0 Å². The van der Waals surface area contributed by atoms with Gasteiger partial charge in [0.25, 0.3) is 0 Å².